The van der Waals surface area contributed by atoms with Crippen LogP contribution in [0.3, 0.4) is 0 Å². The molecule has 0 bridgehead atoms. The Morgan fingerprint density at radius 2 is 2.13 bits per heavy atom. The van der Waals surface area contributed by atoms with Crippen molar-refractivity contribution in [2.75, 3.05) is 7.11 Å². The molecule has 0 heterocycles. The molecule has 0 saturated heterocycles. The molecule has 1 aromatic carbocycles. The molecule has 0 fully saturated rings. The van der Waals surface area contributed by atoms with Gasteiger partial charge in [-0.05, 0) is 24.1 Å². The van der Waals surface area contributed by atoms with E-state index in [1.807, 2.05) is 0 Å². The Labute approximate surface area is 87.4 Å². The molecule has 0 atom stereocenters. The Morgan fingerprint density at radius 3 is 2.73 bits per heavy atom. The molecule has 3 heteroatoms. The average molecular weight is 206 g/mol. The summed E-state index contributed by atoms with van der Waals surface area (Å²) in [6.45, 7) is 0. The van der Waals surface area contributed by atoms with E-state index in [1.165, 1.54) is 13.2 Å². The highest BCUT2D eigenvalue weighted by molar-refractivity contribution is 6.01. The molecule has 0 aliphatic heterocycles. The van der Waals surface area contributed by atoms with Crippen LogP contribution in [0, 0.1) is 5.82 Å². The molecule has 2 rings (SSSR count). The van der Waals surface area contributed by atoms with Gasteiger partial charge < -0.3 is 4.74 Å². The molecular formula is C12H11FO2. The summed E-state index contributed by atoms with van der Waals surface area (Å²) in [7, 11) is 1.43. The zero-order chi connectivity index (χ0) is 10.8. The number of hydrogen-bond donors (Lipinski definition) is 0. The van der Waals surface area contributed by atoms with Gasteiger partial charge in [-0.15, -0.1) is 0 Å². The van der Waals surface area contributed by atoms with Crippen molar-refractivity contribution < 1.29 is 13.9 Å². The molecule has 15 heavy (non-hydrogen) atoms. The molecule has 1 aliphatic rings. The Morgan fingerprint density at radius 1 is 1.33 bits per heavy atom. The minimum Gasteiger partial charge on any atom is -0.494 e. The zero-order valence-corrected chi connectivity index (χ0v) is 8.42. The molecule has 2 nitrogen and oxygen atoms in total. The normalized spacial score (nSPS) is 15.3. The number of allylic oxidation sites excluding steroid dienone is 2. The van der Waals surface area contributed by atoms with Gasteiger partial charge in [0.1, 0.15) is 0 Å². The maximum Gasteiger partial charge on any atom is 0.172 e. The molecule has 78 valence electrons. The monoisotopic (exact) mass is 206 g/mol. The van der Waals surface area contributed by atoms with Crippen molar-refractivity contribution in [2.45, 2.75) is 12.8 Å². The first-order valence-corrected chi connectivity index (χ1v) is 4.78. The molecular weight excluding hydrogens is 195 g/mol. The number of methoxy groups -OCH3 is 1. The lowest BCUT2D eigenvalue weighted by molar-refractivity contribution is -0.114. The summed E-state index contributed by atoms with van der Waals surface area (Å²) >= 11 is 0. The first-order valence-electron chi connectivity index (χ1n) is 4.78. The second-order valence-corrected chi connectivity index (χ2v) is 3.46. The van der Waals surface area contributed by atoms with Gasteiger partial charge in [0.05, 0.1) is 7.11 Å². The molecule has 0 amide bonds. The SMILES string of the molecule is COc1cccc(C2=CC(=O)CC2)c1F. The van der Waals surface area contributed by atoms with E-state index in [0.717, 1.165) is 5.57 Å². The van der Waals surface area contributed by atoms with Gasteiger partial charge in [0.15, 0.2) is 17.3 Å². The molecule has 0 N–H and O–H groups in total. The first kappa shape index (κ1) is 9.90. The Hall–Kier alpha value is -1.64. The molecule has 0 aromatic heterocycles. The second-order valence-electron chi connectivity index (χ2n) is 3.46. The lowest BCUT2D eigenvalue weighted by Gasteiger charge is -2.07. The van der Waals surface area contributed by atoms with Crippen LogP contribution < -0.4 is 4.74 Å². The summed E-state index contributed by atoms with van der Waals surface area (Å²) < 4.78 is 18.7. The quantitative estimate of drug-likeness (QED) is 0.743. The van der Waals surface area contributed by atoms with Crippen LogP contribution >= 0.6 is 0 Å². The smallest absolute Gasteiger partial charge is 0.172 e. The van der Waals surface area contributed by atoms with Gasteiger partial charge in [-0.2, -0.15) is 0 Å². The molecule has 0 spiro atoms. The van der Waals surface area contributed by atoms with Crippen molar-refractivity contribution in [3.63, 3.8) is 0 Å². The summed E-state index contributed by atoms with van der Waals surface area (Å²) in [5.74, 6) is -0.110. The van der Waals surface area contributed by atoms with Crippen molar-refractivity contribution in [1.82, 2.24) is 0 Å². The number of ketones is 1. The highest BCUT2D eigenvalue weighted by Crippen LogP contribution is 2.31. The third-order valence-electron chi connectivity index (χ3n) is 2.51. The maximum atomic E-state index is 13.8. The van der Waals surface area contributed by atoms with Crippen LogP contribution in [0.1, 0.15) is 18.4 Å². The summed E-state index contributed by atoms with van der Waals surface area (Å²) in [5.41, 5.74) is 1.23. The Kier molecular flexibility index (Phi) is 2.54. The van der Waals surface area contributed by atoms with E-state index in [4.69, 9.17) is 4.74 Å². The van der Waals surface area contributed by atoms with E-state index in [0.29, 0.717) is 18.4 Å². The molecule has 1 aliphatic carbocycles. The number of carbonyl (C=O) groups is 1. The largest absolute Gasteiger partial charge is 0.494 e. The van der Waals surface area contributed by atoms with Gasteiger partial charge in [-0.25, -0.2) is 4.39 Å². The maximum absolute atomic E-state index is 13.8. The third-order valence-corrected chi connectivity index (χ3v) is 2.51. The van der Waals surface area contributed by atoms with E-state index in [9.17, 15) is 9.18 Å². The van der Waals surface area contributed by atoms with E-state index in [-0.39, 0.29) is 17.3 Å². The molecule has 1 aromatic rings. The van der Waals surface area contributed by atoms with Crippen LogP contribution in [-0.4, -0.2) is 12.9 Å². The van der Waals surface area contributed by atoms with Gasteiger partial charge in [-0.3, -0.25) is 4.79 Å². The van der Waals surface area contributed by atoms with Crippen molar-refractivity contribution in [3.8, 4) is 5.75 Å². The van der Waals surface area contributed by atoms with Gasteiger partial charge in [0.25, 0.3) is 0 Å². The van der Waals surface area contributed by atoms with E-state index in [1.54, 1.807) is 18.2 Å². The lowest BCUT2D eigenvalue weighted by Crippen LogP contribution is -1.93. The van der Waals surface area contributed by atoms with Crippen molar-refractivity contribution >= 4 is 11.4 Å². The van der Waals surface area contributed by atoms with Crippen LogP contribution in [0.15, 0.2) is 24.3 Å². The second kappa shape index (κ2) is 3.85. The summed E-state index contributed by atoms with van der Waals surface area (Å²) in [6, 6.07) is 4.96. The van der Waals surface area contributed by atoms with Crippen LogP contribution in [-0.2, 0) is 4.79 Å². The van der Waals surface area contributed by atoms with Gasteiger partial charge >= 0.3 is 0 Å². The van der Waals surface area contributed by atoms with Crippen molar-refractivity contribution in [2.24, 2.45) is 0 Å². The van der Waals surface area contributed by atoms with Crippen LogP contribution in [0.4, 0.5) is 4.39 Å². The Bertz CT molecular complexity index is 435. The average Bonchev–Trinajstić information content (AvgIpc) is 2.65. The zero-order valence-electron chi connectivity index (χ0n) is 8.42. The van der Waals surface area contributed by atoms with E-state index < -0.39 is 0 Å². The fourth-order valence-electron chi connectivity index (χ4n) is 1.73. The van der Waals surface area contributed by atoms with Gasteiger partial charge in [0.2, 0.25) is 0 Å². The highest BCUT2D eigenvalue weighted by atomic mass is 19.1. The fourth-order valence-corrected chi connectivity index (χ4v) is 1.73. The van der Waals surface area contributed by atoms with Crippen LogP contribution in [0.2, 0.25) is 0 Å². The molecule has 0 saturated carbocycles. The predicted molar refractivity (Wildman–Crippen MR) is 55.2 cm³/mol. The van der Waals surface area contributed by atoms with Gasteiger partial charge in [-0.1, -0.05) is 12.1 Å². The van der Waals surface area contributed by atoms with Crippen molar-refractivity contribution in [3.05, 3.63) is 35.7 Å². The van der Waals surface area contributed by atoms with Gasteiger partial charge in [0, 0.05) is 12.0 Å². The molecule has 0 radical (unpaired) electrons. The Balaban J connectivity index is 2.45. The summed E-state index contributed by atoms with van der Waals surface area (Å²) in [5, 5.41) is 0. The summed E-state index contributed by atoms with van der Waals surface area (Å²) in [6.07, 6.45) is 2.60. The number of halogens is 1. The standard InChI is InChI=1S/C12H11FO2/c1-15-11-4-2-3-10(12(11)13)8-5-6-9(14)7-8/h2-4,7H,5-6H2,1H3. The number of rotatable bonds is 2. The number of benzene rings is 1. The van der Waals surface area contributed by atoms with Crippen LogP contribution in [0.5, 0.6) is 5.75 Å². The van der Waals surface area contributed by atoms with E-state index >= 15 is 0 Å². The minimum atomic E-state index is -0.388. The number of ether oxygens (including phenoxy) is 1. The molecule has 0 unspecified atom stereocenters. The first-order chi connectivity index (χ1) is 7.22. The number of carbonyl (C=O) groups excluding carboxylic acids is 1. The third kappa shape index (κ3) is 1.77. The van der Waals surface area contributed by atoms with E-state index in [2.05, 4.69) is 0 Å². The lowest BCUT2D eigenvalue weighted by atomic mass is 10.0. The minimum absolute atomic E-state index is 0.0622. The highest BCUT2D eigenvalue weighted by Gasteiger charge is 2.18. The predicted octanol–water partition coefficient (Wildman–Crippen LogP) is 2.58. The van der Waals surface area contributed by atoms with Crippen molar-refractivity contribution in [1.29, 1.82) is 0 Å². The fraction of sp³-hybridized carbons (Fsp3) is 0.250. The number of hydrogen-bond acceptors (Lipinski definition) is 2. The topological polar surface area (TPSA) is 26.3 Å². The summed E-state index contributed by atoms with van der Waals surface area (Å²) in [4.78, 5) is 11.1. The van der Waals surface area contributed by atoms with Crippen LogP contribution in [0.25, 0.3) is 5.57 Å².